The Morgan fingerprint density at radius 3 is 1.48 bits per heavy atom. The van der Waals surface area contributed by atoms with Crippen molar-refractivity contribution >= 4 is 58.3 Å². The van der Waals surface area contributed by atoms with E-state index in [4.69, 9.17) is 41.1 Å². The van der Waals surface area contributed by atoms with Crippen LogP contribution in [0.25, 0.3) is 9.69 Å². The van der Waals surface area contributed by atoms with Crippen LogP contribution < -0.4 is 0 Å². The van der Waals surface area contributed by atoms with Crippen LogP contribution in [0.1, 0.15) is 92.9 Å². The Labute approximate surface area is 315 Å². The Bertz CT molecular complexity index is 1840. The van der Waals surface area contributed by atoms with Gasteiger partial charge >= 0.3 is 11.9 Å². The molecule has 6 atom stereocenters. The quantitative estimate of drug-likeness (QED) is 0.171. The van der Waals surface area contributed by atoms with Crippen LogP contribution >= 0.6 is 23.2 Å². The van der Waals surface area contributed by atoms with Crippen LogP contribution in [0.2, 0.25) is 0 Å². The standard InChI is InChI=1S/C20H23NO4.C19H21NO4.CH2Cl2/c1-18(2)14-7-9-20(17(24)25-5)8-6-12(22)10-15(20)19(14,3)11-13(21-4)16(18)23;1-17(2)13-6-8-19(16(23)24)7-5-11(21)9-14(19)18(13,3)10-12(20-4)15(17)22;2-1-3/h10-11,14H,6-9H2,1-3,5H3;9-10,13H,5-8H2,1-3H3,(H,23,24);1H2/t14-,19-,20-;13-,18-,19-;/m00./s1. The monoisotopic (exact) mass is 752 g/mol. The largest absolute Gasteiger partial charge is 0.481 e. The molecule has 0 radical (unpaired) electrons. The van der Waals surface area contributed by atoms with Crippen molar-refractivity contribution in [2.45, 2.75) is 92.9 Å². The molecule has 0 spiro atoms. The zero-order chi connectivity index (χ0) is 39.2. The molecular weight excluding hydrogens is 707 g/mol. The van der Waals surface area contributed by atoms with Gasteiger partial charge in [-0.15, -0.1) is 23.2 Å². The summed E-state index contributed by atoms with van der Waals surface area (Å²) < 4.78 is 5.10. The second-order valence-corrected chi connectivity index (χ2v) is 17.1. The molecule has 0 aliphatic heterocycles. The molecule has 2 saturated carbocycles. The average molecular weight is 754 g/mol. The molecule has 0 aromatic rings. The van der Waals surface area contributed by atoms with Gasteiger partial charge in [-0.3, -0.25) is 19.2 Å². The molecule has 1 N–H and O–H groups in total. The molecule has 12 heteroatoms. The van der Waals surface area contributed by atoms with Crippen LogP contribution in [-0.4, -0.2) is 52.6 Å². The van der Waals surface area contributed by atoms with Gasteiger partial charge in [0.05, 0.1) is 36.4 Å². The second-order valence-electron chi connectivity index (χ2n) is 16.2. The number of Topliss-reactive ketones (excluding diaryl/α,β-unsaturated/α-hetero) is 2. The van der Waals surface area contributed by atoms with E-state index in [-0.39, 0.29) is 64.1 Å². The van der Waals surface area contributed by atoms with Gasteiger partial charge in [-0.05, 0) is 73.7 Å². The van der Waals surface area contributed by atoms with Crippen molar-refractivity contribution in [1.82, 2.24) is 0 Å². The number of esters is 1. The SMILES string of the molecule is ClCCl.[C-]#[N+]C1=C[C@]2(C)C3=CC(=O)CC[C@]3(C(=O)O)CC[C@H]2C(C)(C)C1=O.[C-]#[N+]C1=C[C@]2(C)C3=CC(=O)CC[C@]3(C(=O)OC)CC[C@H]2C(C)(C)C1=O. The van der Waals surface area contributed by atoms with Gasteiger partial charge in [0.25, 0.3) is 0 Å². The highest BCUT2D eigenvalue weighted by Gasteiger charge is 2.63. The lowest BCUT2D eigenvalue weighted by Crippen LogP contribution is -2.56. The number of hydrogen-bond acceptors (Lipinski definition) is 7. The maximum atomic E-state index is 12.7. The summed E-state index contributed by atoms with van der Waals surface area (Å²) in [6.45, 7) is 26.0. The first-order valence-corrected chi connectivity index (χ1v) is 18.5. The molecule has 0 aromatic heterocycles. The van der Waals surface area contributed by atoms with Gasteiger partial charge in [0.15, 0.2) is 23.1 Å². The number of halogens is 2. The van der Waals surface area contributed by atoms with Crippen LogP contribution in [0.4, 0.5) is 0 Å². The first kappa shape index (κ1) is 40.9. The number of carboxylic acid groups (broad SMARTS) is 1. The number of ether oxygens (including phenoxy) is 1. The van der Waals surface area contributed by atoms with Gasteiger partial charge in [0.2, 0.25) is 11.4 Å². The molecule has 0 bridgehead atoms. The number of rotatable bonds is 2. The van der Waals surface area contributed by atoms with Crippen molar-refractivity contribution in [3.8, 4) is 0 Å². The Balaban J connectivity index is 0.000000217. The number of hydrogen-bond donors (Lipinski definition) is 1. The highest BCUT2D eigenvalue weighted by Crippen LogP contribution is 2.66. The van der Waals surface area contributed by atoms with E-state index in [0.29, 0.717) is 50.5 Å². The second kappa shape index (κ2) is 14.2. The Kier molecular flexibility index (Phi) is 11.2. The molecule has 0 unspecified atom stereocenters. The van der Waals surface area contributed by atoms with E-state index < -0.39 is 38.5 Å². The number of alkyl halides is 2. The molecule has 0 heterocycles. The highest BCUT2D eigenvalue weighted by atomic mass is 35.5. The van der Waals surface area contributed by atoms with Gasteiger partial charge < -0.3 is 19.4 Å². The van der Waals surface area contributed by atoms with Crippen molar-refractivity contribution in [3.63, 3.8) is 0 Å². The van der Waals surface area contributed by atoms with Crippen LogP contribution in [0.15, 0.2) is 46.8 Å². The van der Waals surface area contributed by atoms with Crippen LogP contribution in [0.5, 0.6) is 0 Å². The van der Waals surface area contributed by atoms with Crippen molar-refractivity contribution in [2.24, 2.45) is 44.3 Å². The summed E-state index contributed by atoms with van der Waals surface area (Å²) in [5.41, 5.74) is -3.33. The van der Waals surface area contributed by atoms with Gasteiger partial charge in [0, 0.05) is 34.5 Å². The first-order valence-electron chi connectivity index (χ1n) is 17.4. The Hall–Kier alpha value is -3.86. The fraction of sp³-hybridized carbons (Fsp3) is 0.600. The molecule has 0 aromatic carbocycles. The van der Waals surface area contributed by atoms with Crippen LogP contribution in [-0.2, 0) is 33.5 Å². The summed E-state index contributed by atoms with van der Waals surface area (Å²) in [6, 6.07) is 0. The van der Waals surface area contributed by atoms with E-state index in [1.807, 2.05) is 41.5 Å². The molecule has 0 amide bonds. The number of carbonyl (C=O) groups is 6. The number of aliphatic carboxylic acids is 1. The fourth-order valence-electron chi connectivity index (χ4n) is 10.6. The van der Waals surface area contributed by atoms with E-state index in [1.165, 1.54) is 13.2 Å². The van der Waals surface area contributed by atoms with E-state index in [0.717, 1.165) is 5.57 Å². The summed E-state index contributed by atoms with van der Waals surface area (Å²) in [7, 11) is 1.37. The number of ketones is 4. The van der Waals surface area contributed by atoms with Gasteiger partial charge in [-0.1, -0.05) is 53.7 Å². The molecule has 6 aliphatic carbocycles. The van der Waals surface area contributed by atoms with E-state index in [2.05, 4.69) is 9.69 Å². The molecule has 2 fully saturated rings. The normalized spacial score (nSPS) is 35.1. The van der Waals surface area contributed by atoms with Gasteiger partial charge in [0.1, 0.15) is 0 Å². The molecule has 6 aliphatic rings. The lowest BCUT2D eigenvalue weighted by atomic mass is 9.45. The number of fused-ring (bicyclic) bond motifs is 6. The molecule has 0 saturated heterocycles. The number of nitrogens with zero attached hydrogens (tertiary/aromatic N) is 2. The van der Waals surface area contributed by atoms with E-state index in [9.17, 15) is 33.9 Å². The molecule has 52 heavy (non-hydrogen) atoms. The van der Waals surface area contributed by atoms with E-state index in [1.54, 1.807) is 18.2 Å². The summed E-state index contributed by atoms with van der Waals surface area (Å²) >= 11 is 9.53. The molecule has 6 rings (SSSR count). The zero-order valence-corrected chi connectivity index (χ0v) is 32.3. The minimum atomic E-state index is -1.06. The van der Waals surface area contributed by atoms with Crippen LogP contribution in [0, 0.1) is 57.5 Å². The third kappa shape index (κ3) is 6.10. The first-order chi connectivity index (χ1) is 24.1. The highest BCUT2D eigenvalue weighted by molar-refractivity contribution is 6.40. The minimum Gasteiger partial charge on any atom is -0.481 e. The number of carboxylic acids is 1. The smallest absolute Gasteiger partial charge is 0.315 e. The molecular formula is C40H46Cl2N2O8. The average Bonchev–Trinajstić information content (AvgIpc) is 3.09. The van der Waals surface area contributed by atoms with Gasteiger partial charge in [-0.25, -0.2) is 9.69 Å². The van der Waals surface area contributed by atoms with Crippen molar-refractivity contribution in [2.75, 3.05) is 12.4 Å². The molecule has 10 nitrogen and oxygen atoms in total. The maximum Gasteiger partial charge on any atom is 0.315 e. The third-order valence-corrected chi connectivity index (χ3v) is 13.0. The maximum absolute atomic E-state index is 12.7. The predicted octanol–water partition coefficient (Wildman–Crippen LogP) is 7.86. The number of methoxy groups -OCH3 is 1. The van der Waals surface area contributed by atoms with Crippen molar-refractivity contribution in [3.05, 3.63) is 69.7 Å². The number of carbonyl (C=O) groups excluding carboxylic acids is 5. The number of allylic oxidation sites excluding steroid dienone is 6. The lowest BCUT2D eigenvalue weighted by molar-refractivity contribution is -0.156. The topological polar surface area (TPSA) is 141 Å². The summed E-state index contributed by atoms with van der Waals surface area (Å²) in [5.74, 6) is -1.84. The third-order valence-electron chi connectivity index (χ3n) is 13.0. The van der Waals surface area contributed by atoms with Gasteiger partial charge in [-0.2, -0.15) is 0 Å². The lowest BCUT2D eigenvalue weighted by Gasteiger charge is -2.57. The zero-order valence-electron chi connectivity index (χ0n) is 30.8. The summed E-state index contributed by atoms with van der Waals surface area (Å²) in [6.07, 6.45) is 9.93. The fourth-order valence-corrected chi connectivity index (χ4v) is 10.6. The van der Waals surface area contributed by atoms with Crippen molar-refractivity contribution < 1.29 is 38.6 Å². The van der Waals surface area contributed by atoms with Crippen LogP contribution in [0.3, 0.4) is 0 Å². The predicted molar refractivity (Wildman–Crippen MR) is 194 cm³/mol. The van der Waals surface area contributed by atoms with Crippen molar-refractivity contribution in [1.29, 1.82) is 0 Å². The minimum absolute atomic E-state index is 0.0103. The summed E-state index contributed by atoms with van der Waals surface area (Å²) in [5, 5.41) is 10.1. The summed E-state index contributed by atoms with van der Waals surface area (Å²) in [4.78, 5) is 81.2. The Morgan fingerprint density at radius 1 is 0.750 bits per heavy atom. The Morgan fingerprint density at radius 2 is 1.12 bits per heavy atom. The van der Waals surface area contributed by atoms with E-state index >= 15 is 0 Å². The molecule has 278 valence electrons.